The Morgan fingerprint density at radius 1 is 1.26 bits per heavy atom. The zero-order chi connectivity index (χ0) is 13.7. The normalized spacial score (nSPS) is 17.7. The van der Waals surface area contributed by atoms with Gasteiger partial charge in [-0.05, 0) is 45.0 Å². The molecule has 0 saturated heterocycles. The number of hydrogen-bond acceptors (Lipinski definition) is 4. The molecule has 0 radical (unpaired) electrons. The molecule has 1 aliphatic rings. The second-order valence-electron chi connectivity index (χ2n) is 5.03. The van der Waals surface area contributed by atoms with Crippen molar-refractivity contribution >= 4 is 21.4 Å². The first kappa shape index (κ1) is 15.0. The van der Waals surface area contributed by atoms with Crippen LogP contribution < -0.4 is 10.0 Å². The lowest BCUT2D eigenvalue weighted by molar-refractivity contribution is 0.412. The van der Waals surface area contributed by atoms with Gasteiger partial charge in [-0.25, -0.2) is 13.1 Å². The fraction of sp³-hybridized carbons (Fsp3) is 0.692. The predicted molar refractivity (Wildman–Crippen MR) is 79.1 cm³/mol. The van der Waals surface area contributed by atoms with Gasteiger partial charge >= 0.3 is 0 Å². The summed E-state index contributed by atoms with van der Waals surface area (Å²) in [5.74, 6) is 0. The van der Waals surface area contributed by atoms with E-state index in [9.17, 15) is 8.42 Å². The molecule has 0 aliphatic heterocycles. The molecule has 0 unspecified atom stereocenters. The van der Waals surface area contributed by atoms with Crippen LogP contribution in [0, 0.1) is 0 Å². The quantitative estimate of drug-likeness (QED) is 0.846. The van der Waals surface area contributed by atoms with E-state index in [1.165, 1.54) is 17.8 Å². The van der Waals surface area contributed by atoms with E-state index in [4.69, 9.17) is 0 Å². The maximum atomic E-state index is 12.3. The minimum Gasteiger partial charge on any atom is -0.319 e. The van der Waals surface area contributed by atoms with Crippen LogP contribution in [0.25, 0.3) is 0 Å². The van der Waals surface area contributed by atoms with Crippen LogP contribution in [0.3, 0.4) is 0 Å². The first-order chi connectivity index (χ1) is 9.12. The van der Waals surface area contributed by atoms with E-state index < -0.39 is 10.0 Å². The van der Waals surface area contributed by atoms with Gasteiger partial charge in [0.05, 0.1) is 0 Å². The topological polar surface area (TPSA) is 58.2 Å². The molecule has 1 aromatic rings. The SMILES string of the molecule is CNCCc1ccc(S(=O)(=O)NC2CCCCC2)s1. The number of hydrogen-bond donors (Lipinski definition) is 2. The Morgan fingerprint density at radius 2 is 2.00 bits per heavy atom. The molecule has 1 saturated carbocycles. The minimum atomic E-state index is -3.32. The van der Waals surface area contributed by atoms with Crippen molar-refractivity contribution in [2.45, 2.75) is 48.8 Å². The van der Waals surface area contributed by atoms with E-state index in [0.717, 1.165) is 43.5 Å². The molecule has 6 heteroatoms. The summed E-state index contributed by atoms with van der Waals surface area (Å²) < 4.78 is 27.8. The number of nitrogens with one attached hydrogen (secondary N) is 2. The van der Waals surface area contributed by atoms with Crippen LogP contribution in [0.15, 0.2) is 16.3 Å². The average molecular weight is 302 g/mol. The highest BCUT2D eigenvalue weighted by molar-refractivity contribution is 7.91. The Kier molecular flexibility index (Phi) is 5.38. The Morgan fingerprint density at radius 3 is 2.68 bits per heavy atom. The van der Waals surface area contributed by atoms with E-state index in [-0.39, 0.29) is 6.04 Å². The molecule has 1 fully saturated rings. The van der Waals surface area contributed by atoms with Gasteiger partial charge in [0.1, 0.15) is 4.21 Å². The van der Waals surface area contributed by atoms with Gasteiger partial charge in [0.2, 0.25) is 10.0 Å². The first-order valence-corrected chi connectivity index (χ1v) is 9.17. The van der Waals surface area contributed by atoms with E-state index >= 15 is 0 Å². The highest BCUT2D eigenvalue weighted by atomic mass is 32.2. The molecule has 0 amide bonds. The lowest BCUT2D eigenvalue weighted by Crippen LogP contribution is -2.35. The van der Waals surface area contributed by atoms with Gasteiger partial charge in [0.25, 0.3) is 0 Å². The average Bonchev–Trinajstić information content (AvgIpc) is 2.86. The summed E-state index contributed by atoms with van der Waals surface area (Å²) in [6.07, 6.45) is 6.30. The number of rotatable bonds is 6. The first-order valence-electron chi connectivity index (χ1n) is 6.87. The second kappa shape index (κ2) is 6.83. The fourth-order valence-electron chi connectivity index (χ4n) is 2.38. The molecule has 1 aliphatic carbocycles. The van der Waals surface area contributed by atoms with E-state index in [1.807, 2.05) is 13.1 Å². The maximum absolute atomic E-state index is 12.3. The Balaban J connectivity index is 1.99. The van der Waals surface area contributed by atoms with Crippen LogP contribution in [-0.4, -0.2) is 28.1 Å². The fourth-order valence-corrected chi connectivity index (χ4v) is 5.06. The van der Waals surface area contributed by atoms with Crippen LogP contribution >= 0.6 is 11.3 Å². The molecular weight excluding hydrogens is 280 g/mol. The summed E-state index contributed by atoms with van der Waals surface area (Å²) in [5, 5.41) is 3.07. The van der Waals surface area contributed by atoms with Gasteiger partial charge < -0.3 is 5.32 Å². The molecule has 0 spiro atoms. The van der Waals surface area contributed by atoms with Crippen LogP contribution in [0.2, 0.25) is 0 Å². The summed E-state index contributed by atoms with van der Waals surface area (Å²) in [6, 6.07) is 3.76. The van der Waals surface area contributed by atoms with Gasteiger partial charge in [-0.2, -0.15) is 0 Å². The van der Waals surface area contributed by atoms with Crippen LogP contribution in [-0.2, 0) is 16.4 Å². The van der Waals surface area contributed by atoms with Crippen molar-refractivity contribution in [2.24, 2.45) is 0 Å². The Bertz CT molecular complexity index is 490. The summed E-state index contributed by atoms with van der Waals surface area (Å²) in [7, 11) is -1.42. The highest BCUT2D eigenvalue weighted by Gasteiger charge is 2.23. The summed E-state index contributed by atoms with van der Waals surface area (Å²) >= 11 is 1.38. The van der Waals surface area contributed by atoms with Gasteiger partial charge in [-0.3, -0.25) is 0 Å². The molecule has 2 rings (SSSR count). The number of sulfonamides is 1. The van der Waals surface area contributed by atoms with E-state index in [0.29, 0.717) is 4.21 Å². The third-order valence-electron chi connectivity index (χ3n) is 3.45. The molecular formula is C13H22N2O2S2. The van der Waals surface area contributed by atoms with Crippen LogP contribution in [0.4, 0.5) is 0 Å². The Labute approximate surface area is 119 Å². The van der Waals surface area contributed by atoms with Crippen molar-refractivity contribution in [3.8, 4) is 0 Å². The largest absolute Gasteiger partial charge is 0.319 e. The molecule has 108 valence electrons. The van der Waals surface area contributed by atoms with Crippen molar-refractivity contribution in [1.29, 1.82) is 0 Å². The molecule has 0 atom stereocenters. The van der Waals surface area contributed by atoms with Gasteiger partial charge in [-0.15, -0.1) is 11.3 Å². The molecule has 2 N–H and O–H groups in total. The lowest BCUT2D eigenvalue weighted by atomic mass is 9.96. The molecule has 4 nitrogen and oxygen atoms in total. The van der Waals surface area contributed by atoms with Crippen molar-refractivity contribution in [3.63, 3.8) is 0 Å². The monoisotopic (exact) mass is 302 g/mol. The number of thiophene rings is 1. The third kappa shape index (κ3) is 4.27. The molecule has 19 heavy (non-hydrogen) atoms. The summed E-state index contributed by atoms with van der Waals surface area (Å²) in [4.78, 5) is 1.11. The van der Waals surface area contributed by atoms with Crippen molar-refractivity contribution in [3.05, 3.63) is 17.0 Å². The third-order valence-corrected chi connectivity index (χ3v) is 6.61. The van der Waals surface area contributed by atoms with Gasteiger partial charge in [0.15, 0.2) is 0 Å². The predicted octanol–water partition coefficient (Wildman–Crippen LogP) is 2.12. The van der Waals surface area contributed by atoms with Crippen LogP contribution in [0.5, 0.6) is 0 Å². The number of likely N-dealkylation sites (N-methyl/N-ethyl adjacent to an activating group) is 1. The zero-order valence-electron chi connectivity index (χ0n) is 11.3. The smallest absolute Gasteiger partial charge is 0.250 e. The van der Waals surface area contributed by atoms with Gasteiger partial charge in [-0.1, -0.05) is 19.3 Å². The van der Waals surface area contributed by atoms with E-state index in [1.54, 1.807) is 6.07 Å². The van der Waals surface area contributed by atoms with Crippen molar-refractivity contribution < 1.29 is 8.42 Å². The molecule has 1 aromatic heterocycles. The van der Waals surface area contributed by atoms with Crippen LogP contribution in [0.1, 0.15) is 37.0 Å². The highest BCUT2D eigenvalue weighted by Crippen LogP contribution is 2.24. The zero-order valence-corrected chi connectivity index (χ0v) is 12.9. The maximum Gasteiger partial charge on any atom is 0.250 e. The standard InChI is InChI=1S/C13H22N2O2S2/c1-14-10-9-12-7-8-13(18-12)19(16,17)15-11-5-3-2-4-6-11/h7-8,11,14-15H,2-6,9-10H2,1H3. The minimum absolute atomic E-state index is 0.126. The Hall–Kier alpha value is -0.430. The molecule has 0 bridgehead atoms. The lowest BCUT2D eigenvalue weighted by Gasteiger charge is -2.22. The summed E-state index contributed by atoms with van der Waals surface area (Å²) in [5.41, 5.74) is 0. The van der Waals surface area contributed by atoms with Crippen molar-refractivity contribution in [2.75, 3.05) is 13.6 Å². The van der Waals surface area contributed by atoms with Gasteiger partial charge in [0, 0.05) is 10.9 Å². The second-order valence-corrected chi connectivity index (χ2v) is 8.14. The van der Waals surface area contributed by atoms with E-state index in [2.05, 4.69) is 10.0 Å². The summed E-state index contributed by atoms with van der Waals surface area (Å²) in [6.45, 7) is 0.871. The van der Waals surface area contributed by atoms with Crippen molar-refractivity contribution in [1.82, 2.24) is 10.0 Å². The molecule has 0 aromatic carbocycles. The molecule has 1 heterocycles.